The van der Waals surface area contributed by atoms with Gasteiger partial charge in [-0.2, -0.15) is 13.2 Å². The smallest absolute Gasteiger partial charge is 0.416 e. The van der Waals surface area contributed by atoms with E-state index in [0.29, 0.717) is 0 Å². The van der Waals surface area contributed by atoms with Gasteiger partial charge in [0.2, 0.25) is 0 Å². The molecule has 0 aliphatic carbocycles. The van der Waals surface area contributed by atoms with Gasteiger partial charge in [0.05, 0.1) is 28.4 Å². The van der Waals surface area contributed by atoms with Crippen molar-refractivity contribution in [3.8, 4) is 5.75 Å². The summed E-state index contributed by atoms with van der Waals surface area (Å²) in [6.07, 6.45) is -5.67. The highest BCUT2D eigenvalue weighted by Crippen LogP contribution is 2.39. The van der Waals surface area contributed by atoms with Crippen LogP contribution in [0.25, 0.3) is 0 Å². The van der Waals surface area contributed by atoms with Crippen molar-refractivity contribution in [2.45, 2.75) is 12.3 Å². The number of aromatic hydroxyl groups is 1. The lowest BCUT2D eigenvalue weighted by Crippen LogP contribution is -2.23. The van der Waals surface area contributed by atoms with E-state index in [2.05, 4.69) is 21.2 Å². The topological polar surface area (TPSA) is 72.7 Å². The molecule has 0 amide bonds. The van der Waals surface area contributed by atoms with Crippen LogP contribution in [0.1, 0.15) is 5.56 Å². The van der Waals surface area contributed by atoms with Crippen LogP contribution >= 0.6 is 15.9 Å². The highest BCUT2D eigenvalue weighted by molar-refractivity contribution is 9.10. The Bertz CT molecular complexity index is 426. The van der Waals surface area contributed by atoms with Gasteiger partial charge in [0.15, 0.2) is 5.75 Å². The van der Waals surface area contributed by atoms with Crippen LogP contribution in [0, 0.1) is 0 Å². The van der Waals surface area contributed by atoms with Crippen molar-refractivity contribution in [2.24, 2.45) is 0 Å². The van der Waals surface area contributed by atoms with Crippen LogP contribution in [0.15, 0.2) is 16.6 Å². The molecule has 1 aromatic rings. The van der Waals surface area contributed by atoms with E-state index in [1.54, 1.807) is 0 Å². The highest BCUT2D eigenvalue weighted by Gasteiger charge is 2.32. The maximum atomic E-state index is 12.5. The normalized spacial score (nSPS) is 13.4. The second-order valence-corrected chi connectivity index (χ2v) is 4.42. The lowest BCUT2D eigenvalue weighted by Gasteiger charge is -2.15. The number of aliphatic hydroxyl groups excluding tert-OH is 2. The lowest BCUT2D eigenvalue weighted by molar-refractivity contribution is -0.137. The zero-order valence-corrected chi connectivity index (χ0v) is 10.6. The predicted octanol–water partition coefficient (Wildman–Crippen LogP) is 1.94. The number of benzene rings is 1. The Labute approximate surface area is 109 Å². The van der Waals surface area contributed by atoms with Gasteiger partial charge in [-0.1, -0.05) is 0 Å². The first-order valence-corrected chi connectivity index (χ1v) is 5.67. The van der Waals surface area contributed by atoms with Crippen molar-refractivity contribution in [3.63, 3.8) is 0 Å². The molecule has 18 heavy (non-hydrogen) atoms. The van der Waals surface area contributed by atoms with Crippen LogP contribution in [-0.2, 0) is 6.18 Å². The van der Waals surface area contributed by atoms with Gasteiger partial charge in [0, 0.05) is 6.54 Å². The third kappa shape index (κ3) is 3.76. The zero-order chi connectivity index (χ0) is 13.9. The zero-order valence-electron chi connectivity index (χ0n) is 9.00. The van der Waals surface area contributed by atoms with Gasteiger partial charge in [0.1, 0.15) is 0 Å². The molecule has 1 aromatic carbocycles. The van der Waals surface area contributed by atoms with Gasteiger partial charge >= 0.3 is 6.18 Å². The largest absolute Gasteiger partial charge is 0.505 e. The van der Waals surface area contributed by atoms with Crippen LogP contribution in [0.5, 0.6) is 5.75 Å². The van der Waals surface area contributed by atoms with E-state index >= 15 is 0 Å². The molecule has 0 spiro atoms. The molecule has 8 heteroatoms. The number of alkyl halides is 3. The molecule has 0 bridgehead atoms. The van der Waals surface area contributed by atoms with Crippen molar-refractivity contribution in [2.75, 3.05) is 18.5 Å². The van der Waals surface area contributed by atoms with E-state index in [1.807, 2.05) is 0 Å². The molecule has 4 N–H and O–H groups in total. The van der Waals surface area contributed by atoms with Crippen LogP contribution in [0.3, 0.4) is 0 Å². The molecule has 1 unspecified atom stereocenters. The first-order valence-electron chi connectivity index (χ1n) is 4.88. The third-order valence-electron chi connectivity index (χ3n) is 2.13. The first kappa shape index (κ1) is 15.1. The SMILES string of the molecule is OCC(O)CNc1cc(C(F)(F)F)cc(Br)c1O. The Kier molecular flexibility index (Phi) is 4.83. The number of aliphatic hydroxyl groups is 2. The average Bonchev–Trinajstić information content (AvgIpc) is 2.28. The molecule has 0 aromatic heterocycles. The molecule has 0 saturated carbocycles. The molecular weight excluding hydrogens is 319 g/mol. The monoisotopic (exact) mass is 329 g/mol. The third-order valence-corrected chi connectivity index (χ3v) is 2.73. The van der Waals surface area contributed by atoms with Gasteiger partial charge in [0.25, 0.3) is 0 Å². The second kappa shape index (κ2) is 5.77. The van der Waals surface area contributed by atoms with Crippen LogP contribution in [-0.4, -0.2) is 34.6 Å². The summed E-state index contributed by atoms with van der Waals surface area (Å²) in [4.78, 5) is 0. The molecule has 4 nitrogen and oxygen atoms in total. The van der Waals surface area contributed by atoms with Crippen molar-refractivity contribution < 1.29 is 28.5 Å². The number of hydrogen-bond acceptors (Lipinski definition) is 4. The molecule has 102 valence electrons. The maximum Gasteiger partial charge on any atom is 0.416 e. The number of phenolic OH excluding ortho intramolecular Hbond substituents is 1. The van der Waals surface area contributed by atoms with Gasteiger partial charge in [-0.3, -0.25) is 0 Å². The van der Waals surface area contributed by atoms with E-state index in [-0.39, 0.29) is 16.7 Å². The molecule has 0 heterocycles. The van der Waals surface area contributed by atoms with Gasteiger partial charge in [-0.25, -0.2) is 0 Å². The molecule has 1 rings (SSSR count). The van der Waals surface area contributed by atoms with E-state index in [0.717, 1.165) is 12.1 Å². The van der Waals surface area contributed by atoms with Crippen molar-refractivity contribution >= 4 is 21.6 Å². The number of phenols is 1. The van der Waals surface area contributed by atoms with Gasteiger partial charge in [-0.05, 0) is 28.1 Å². The minimum absolute atomic E-state index is 0.113. The van der Waals surface area contributed by atoms with Crippen LogP contribution in [0.4, 0.5) is 18.9 Å². The molecule has 0 saturated heterocycles. The maximum absolute atomic E-state index is 12.5. The Morgan fingerprint density at radius 2 is 1.94 bits per heavy atom. The highest BCUT2D eigenvalue weighted by atomic mass is 79.9. The fourth-order valence-electron chi connectivity index (χ4n) is 1.19. The minimum atomic E-state index is -4.54. The summed E-state index contributed by atoms with van der Waals surface area (Å²) in [5, 5.41) is 29.6. The molecule has 0 aliphatic rings. The molecule has 1 atom stereocenters. The molecular formula is C10H11BrF3NO3. The summed E-state index contributed by atoms with van der Waals surface area (Å²) in [6, 6.07) is 1.48. The number of halogens is 4. The summed E-state index contributed by atoms with van der Waals surface area (Å²) in [5.41, 5.74) is -1.11. The quantitative estimate of drug-likeness (QED) is 0.637. The molecule has 0 aliphatic heterocycles. The minimum Gasteiger partial charge on any atom is -0.505 e. The lowest BCUT2D eigenvalue weighted by atomic mass is 10.1. The van der Waals surface area contributed by atoms with E-state index in [1.165, 1.54) is 0 Å². The summed E-state index contributed by atoms with van der Waals surface area (Å²) in [7, 11) is 0. The second-order valence-electron chi connectivity index (χ2n) is 3.57. The van der Waals surface area contributed by atoms with E-state index in [9.17, 15) is 18.3 Å². The summed E-state index contributed by atoms with van der Waals surface area (Å²) >= 11 is 2.81. The van der Waals surface area contributed by atoms with Crippen LogP contribution in [0.2, 0.25) is 0 Å². The van der Waals surface area contributed by atoms with Crippen molar-refractivity contribution in [1.82, 2.24) is 0 Å². The Morgan fingerprint density at radius 3 is 2.44 bits per heavy atom. The summed E-state index contributed by atoms with van der Waals surface area (Å²) in [6.45, 7) is -0.717. The average molecular weight is 330 g/mol. The fraction of sp³-hybridized carbons (Fsp3) is 0.400. The molecule has 0 fully saturated rings. The van der Waals surface area contributed by atoms with Crippen molar-refractivity contribution in [3.05, 3.63) is 22.2 Å². The standard InChI is InChI=1S/C10H11BrF3NO3/c11-7-1-5(10(12,13)14)2-8(9(7)18)15-3-6(17)4-16/h1-2,6,15-18H,3-4H2. The first-order chi connectivity index (χ1) is 8.25. The Morgan fingerprint density at radius 1 is 1.33 bits per heavy atom. The predicted molar refractivity (Wildman–Crippen MR) is 62.4 cm³/mol. The van der Waals surface area contributed by atoms with Gasteiger partial charge < -0.3 is 20.6 Å². The van der Waals surface area contributed by atoms with Crippen LogP contribution < -0.4 is 5.32 Å². The van der Waals surface area contributed by atoms with Crippen molar-refractivity contribution in [1.29, 1.82) is 0 Å². The number of nitrogens with one attached hydrogen (secondary N) is 1. The summed E-state index contributed by atoms with van der Waals surface area (Å²) < 4.78 is 37.5. The number of anilines is 1. The van der Waals surface area contributed by atoms with Gasteiger partial charge in [-0.15, -0.1) is 0 Å². The number of rotatable bonds is 4. The summed E-state index contributed by atoms with van der Waals surface area (Å²) in [5.74, 6) is -0.395. The Balaban J connectivity index is 3.00. The van der Waals surface area contributed by atoms with E-state index < -0.39 is 30.2 Å². The molecule has 0 radical (unpaired) electrons. The van der Waals surface area contributed by atoms with E-state index in [4.69, 9.17) is 10.2 Å². The fourth-order valence-corrected chi connectivity index (χ4v) is 1.65. The Hall–Kier alpha value is -0.990. The number of hydrogen-bond donors (Lipinski definition) is 4.